The van der Waals surface area contributed by atoms with E-state index < -0.39 is 11.8 Å². The summed E-state index contributed by atoms with van der Waals surface area (Å²) in [6.45, 7) is 1.90. The summed E-state index contributed by atoms with van der Waals surface area (Å²) in [7, 11) is 0. The summed E-state index contributed by atoms with van der Waals surface area (Å²) in [5.41, 5.74) is 8.11. The molecule has 0 saturated carbocycles. The van der Waals surface area contributed by atoms with E-state index in [1.54, 1.807) is 18.2 Å². The smallest absolute Gasteiger partial charge is 0.323 e. The molecule has 0 unspecified atom stereocenters. The van der Waals surface area contributed by atoms with Gasteiger partial charge in [0, 0.05) is 5.69 Å². The average Bonchev–Trinajstić information content (AvgIpc) is 2.34. The largest absolute Gasteiger partial charge is 0.397 e. The van der Waals surface area contributed by atoms with Crippen LogP contribution < -0.4 is 16.4 Å². The summed E-state index contributed by atoms with van der Waals surface area (Å²) in [6, 6.07) is 10.5. The van der Waals surface area contributed by atoms with E-state index in [0.29, 0.717) is 17.1 Å². The molecular formula is C14H14FN3O. The third-order valence-electron chi connectivity index (χ3n) is 2.54. The van der Waals surface area contributed by atoms with Gasteiger partial charge in [0.2, 0.25) is 0 Å². The molecule has 2 amide bonds. The maximum atomic E-state index is 13.0. The molecule has 98 valence electrons. The SMILES string of the molecule is Cc1ccc(N)c(NC(=O)Nc2cccc(F)c2)c1. The number of halogens is 1. The standard InChI is InChI=1S/C14H14FN3O/c1-9-5-6-12(16)13(7-9)18-14(19)17-11-4-2-3-10(15)8-11/h2-8H,16H2,1H3,(H2,17,18,19). The second kappa shape index (κ2) is 5.39. The Morgan fingerprint density at radius 1 is 1.16 bits per heavy atom. The second-order valence-electron chi connectivity index (χ2n) is 4.18. The minimum atomic E-state index is -0.470. The minimum absolute atomic E-state index is 0.378. The Labute approximate surface area is 110 Å². The van der Waals surface area contributed by atoms with Crippen molar-refractivity contribution in [3.8, 4) is 0 Å². The van der Waals surface area contributed by atoms with Crippen LogP contribution in [0.4, 0.5) is 26.2 Å². The molecule has 0 aliphatic carbocycles. The summed E-state index contributed by atoms with van der Waals surface area (Å²) in [6.07, 6.45) is 0. The number of urea groups is 1. The van der Waals surface area contributed by atoms with Crippen molar-refractivity contribution in [1.82, 2.24) is 0 Å². The predicted octanol–water partition coefficient (Wildman–Crippen LogP) is 3.36. The fourth-order valence-corrected chi connectivity index (χ4v) is 1.63. The summed E-state index contributed by atoms with van der Waals surface area (Å²) in [5.74, 6) is -0.409. The van der Waals surface area contributed by atoms with Crippen LogP contribution in [0.1, 0.15) is 5.56 Å². The van der Waals surface area contributed by atoms with E-state index in [1.165, 1.54) is 18.2 Å². The van der Waals surface area contributed by atoms with Crippen molar-refractivity contribution in [2.24, 2.45) is 0 Å². The van der Waals surface area contributed by atoms with Crippen molar-refractivity contribution in [3.63, 3.8) is 0 Å². The fourth-order valence-electron chi connectivity index (χ4n) is 1.63. The summed E-state index contributed by atoms with van der Waals surface area (Å²) in [5, 5.41) is 5.15. The summed E-state index contributed by atoms with van der Waals surface area (Å²) >= 11 is 0. The number of carbonyl (C=O) groups is 1. The molecule has 0 heterocycles. The van der Waals surface area contributed by atoms with Gasteiger partial charge in [0.25, 0.3) is 0 Å². The van der Waals surface area contributed by atoms with Crippen LogP contribution in [-0.4, -0.2) is 6.03 Å². The van der Waals surface area contributed by atoms with Crippen molar-refractivity contribution in [2.75, 3.05) is 16.4 Å². The van der Waals surface area contributed by atoms with Crippen molar-refractivity contribution >= 4 is 23.1 Å². The highest BCUT2D eigenvalue weighted by atomic mass is 19.1. The van der Waals surface area contributed by atoms with Crippen molar-refractivity contribution < 1.29 is 9.18 Å². The van der Waals surface area contributed by atoms with E-state index in [9.17, 15) is 9.18 Å². The molecule has 5 heteroatoms. The number of hydrogen-bond donors (Lipinski definition) is 3. The Morgan fingerprint density at radius 3 is 2.68 bits per heavy atom. The molecule has 0 radical (unpaired) electrons. The normalized spacial score (nSPS) is 10.0. The van der Waals surface area contributed by atoms with Gasteiger partial charge in [-0.2, -0.15) is 0 Å². The number of amides is 2. The van der Waals surface area contributed by atoms with E-state index in [1.807, 2.05) is 13.0 Å². The third kappa shape index (κ3) is 3.45. The van der Waals surface area contributed by atoms with Crippen LogP contribution in [0.2, 0.25) is 0 Å². The van der Waals surface area contributed by atoms with Gasteiger partial charge in [0.15, 0.2) is 0 Å². The number of benzene rings is 2. The molecule has 2 aromatic rings. The lowest BCUT2D eigenvalue weighted by atomic mass is 10.2. The first-order valence-corrected chi connectivity index (χ1v) is 5.74. The molecule has 0 aliphatic heterocycles. The first kappa shape index (κ1) is 12.9. The molecule has 4 N–H and O–H groups in total. The van der Waals surface area contributed by atoms with Gasteiger partial charge in [-0.3, -0.25) is 0 Å². The zero-order valence-electron chi connectivity index (χ0n) is 10.4. The van der Waals surface area contributed by atoms with Gasteiger partial charge in [0.05, 0.1) is 11.4 Å². The fraction of sp³-hybridized carbons (Fsp3) is 0.0714. The number of anilines is 3. The number of hydrogen-bond acceptors (Lipinski definition) is 2. The number of nitrogen functional groups attached to an aromatic ring is 1. The van der Waals surface area contributed by atoms with Crippen molar-refractivity contribution in [1.29, 1.82) is 0 Å². The molecule has 0 fully saturated rings. The van der Waals surface area contributed by atoms with Gasteiger partial charge in [-0.25, -0.2) is 9.18 Å². The zero-order valence-corrected chi connectivity index (χ0v) is 10.4. The van der Waals surface area contributed by atoms with Crippen LogP contribution in [-0.2, 0) is 0 Å². The van der Waals surface area contributed by atoms with E-state index in [4.69, 9.17) is 5.73 Å². The molecule has 0 aromatic heterocycles. The van der Waals surface area contributed by atoms with Crippen LogP contribution in [0, 0.1) is 12.7 Å². The van der Waals surface area contributed by atoms with E-state index in [2.05, 4.69) is 10.6 Å². The van der Waals surface area contributed by atoms with Crippen LogP contribution in [0.25, 0.3) is 0 Å². The number of carbonyl (C=O) groups excluding carboxylic acids is 1. The average molecular weight is 259 g/mol. The maximum absolute atomic E-state index is 13.0. The van der Waals surface area contributed by atoms with Gasteiger partial charge in [-0.05, 0) is 42.8 Å². The Morgan fingerprint density at radius 2 is 1.95 bits per heavy atom. The summed E-state index contributed by atoms with van der Waals surface area (Å²) in [4.78, 5) is 11.8. The quantitative estimate of drug-likeness (QED) is 0.724. The lowest BCUT2D eigenvalue weighted by Crippen LogP contribution is -2.20. The Hall–Kier alpha value is -2.56. The number of aryl methyl sites for hydroxylation is 1. The van der Waals surface area contributed by atoms with Gasteiger partial charge < -0.3 is 16.4 Å². The van der Waals surface area contributed by atoms with Crippen LogP contribution in [0.15, 0.2) is 42.5 Å². The molecule has 2 aromatic carbocycles. The van der Waals surface area contributed by atoms with Gasteiger partial charge in [-0.15, -0.1) is 0 Å². The molecule has 0 atom stereocenters. The highest BCUT2D eigenvalue weighted by Crippen LogP contribution is 2.20. The van der Waals surface area contributed by atoms with Crippen LogP contribution in [0.5, 0.6) is 0 Å². The highest BCUT2D eigenvalue weighted by molar-refractivity contribution is 6.01. The Balaban J connectivity index is 2.07. The van der Waals surface area contributed by atoms with Crippen molar-refractivity contribution in [3.05, 3.63) is 53.8 Å². The predicted molar refractivity (Wildman–Crippen MR) is 74.6 cm³/mol. The number of rotatable bonds is 2. The molecule has 0 spiro atoms. The molecule has 4 nitrogen and oxygen atoms in total. The van der Waals surface area contributed by atoms with Crippen LogP contribution >= 0.6 is 0 Å². The van der Waals surface area contributed by atoms with Gasteiger partial charge in [-0.1, -0.05) is 12.1 Å². The van der Waals surface area contributed by atoms with Crippen molar-refractivity contribution in [2.45, 2.75) is 6.92 Å². The van der Waals surface area contributed by atoms with Gasteiger partial charge >= 0.3 is 6.03 Å². The molecule has 2 rings (SSSR count). The van der Waals surface area contributed by atoms with E-state index >= 15 is 0 Å². The third-order valence-corrected chi connectivity index (χ3v) is 2.54. The molecule has 19 heavy (non-hydrogen) atoms. The van der Waals surface area contributed by atoms with E-state index in [-0.39, 0.29) is 0 Å². The van der Waals surface area contributed by atoms with E-state index in [0.717, 1.165) is 5.56 Å². The first-order valence-electron chi connectivity index (χ1n) is 5.74. The highest BCUT2D eigenvalue weighted by Gasteiger charge is 2.06. The Bertz CT molecular complexity index is 613. The monoisotopic (exact) mass is 259 g/mol. The second-order valence-corrected chi connectivity index (χ2v) is 4.18. The number of nitrogens with one attached hydrogen (secondary N) is 2. The molecule has 0 aliphatic rings. The number of nitrogens with two attached hydrogens (primary N) is 1. The minimum Gasteiger partial charge on any atom is -0.397 e. The molecular weight excluding hydrogens is 245 g/mol. The van der Waals surface area contributed by atoms with Gasteiger partial charge in [0.1, 0.15) is 5.82 Å². The Kier molecular flexibility index (Phi) is 3.66. The lowest BCUT2D eigenvalue weighted by Gasteiger charge is -2.10. The topological polar surface area (TPSA) is 67.1 Å². The molecule has 0 bridgehead atoms. The maximum Gasteiger partial charge on any atom is 0.323 e. The lowest BCUT2D eigenvalue weighted by molar-refractivity contribution is 0.262. The van der Waals surface area contributed by atoms with Crippen LogP contribution in [0.3, 0.4) is 0 Å². The summed E-state index contributed by atoms with van der Waals surface area (Å²) < 4.78 is 13.0. The zero-order chi connectivity index (χ0) is 13.8. The molecule has 0 saturated heterocycles. The first-order chi connectivity index (χ1) is 9.04.